The lowest BCUT2D eigenvalue weighted by molar-refractivity contribution is 0.435. The van der Waals surface area contributed by atoms with E-state index in [1.54, 1.807) is 0 Å². The normalized spacial score (nSPS) is 11.5. The molecule has 0 unspecified atom stereocenters. The van der Waals surface area contributed by atoms with E-state index in [0.29, 0.717) is 0 Å². The van der Waals surface area contributed by atoms with Gasteiger partial charge in [-0.2, -0.15) is 8.42 Å². The van der Waals surface area contributed by atoms with Crippen molar-refractivity contribution in [1.82, 2.24) is 0 Å². The maximum Gasteiger partial charge on any atom is 0.300 e. The van der Waals surface area contributed by atoms with Crippen LogP contribution in [0.25, 0.3) is 0 Å². The van der Waals surface area contributed by atoms with Gasteiger partial charge < -0.3 is 15.9 Å². The Hall–Kier alpha value is -1.47. The van der Waals surface area contributed by atoms with Crippen molar-refractivity contribution < 1.29 is 23.2 Å². The monoisotopic (exact) mass is 205 g/mol. The molecule has 1 aromatic carbocycles. The molecule has 0 fully saturated rings. The molecule has 7 heteroatoms. The van der Waals surface area contributed by atoms with Gasteiger partial charge in [-0.15, -0.1) is 0 Å². The lowest BCUT2D eigenvalue weighted by Crippen LogP contribution is -2.03. The average Bonchev–Trinajstić information content (AvgIpc) is 1.95. The third kappa shape index (κ3) is 1.65. The molecule has 0 saturated heterocycles. The molecule has 6 nitrogen and oxygen atoms in total. The van der Waals surface area contributed by atoms with E-state index in [4.69, 9.17) is 20.5 Å². The fourth-order valence-corrected chi connectivity index (χ4v) is 1.56. The number of rotatable bonds is 1. The van der Waals surface area contributed by atoms with E-state index in [2.05, 4.69) is 0 Å². The quantitative estimate of drug-likeness (QED) is 0.220. The van der Waals surface area contributed by atoms with Gasteiger partial charge in [0.2, 0.25) is 0 Å². The number of aromatic hydroxyl groups is 2. The van der Waals surface area contributed by atoms with Crippen LogP contribution in [0.5, 0.6) is 11.5 Å². The summed E-state index contributed by atoms with van der Waals surface area (Å²) in [7, 11) is -4.62. The Morgan fingerprint density at radius 3 is 2.00 bits per heavy atom. The maximum atomic E-state index is 10.6. The molecule has 0 aliphatic rings. The van der Waals surface area contributed by atoms with Gasteiger partial charge in [0, 0.05) is 0 Å². The van der Waals surface area contributed by atoms with E-state index >= 15 is 0 Å². The zero-order valence-corrected chi connectivity index (χ0v) is 7.11. The van der Waals surface area contributed by atoms with Crippen LogP contribution in [0.4, 0.5) is 5.69 Å². The van der Waals surface area contributed by atoms with E-state index < -0.39 is 32.2 Å². The number of phenols is 2. The first kappa shape index (κ1) is 9.62. The van der Waals surface area contributed by atoms with E-state index in [1.807, 2.05) is 0 Å². The Morgan fingerprint density at radius 2 is 1.62 bits per heavy atom. The van der Waals surface area contributed by atoms with Gasteiger partial charge in [0.05, 0.1) is 5.69 Å². The molecule has 0 saturated carbocycles. The Bertz CT molecular complexity index is 439. The van der Waals surface area contributed by atoms with Crippen LogP contribution >= 0.6 is 0 Å². The predicted octanol–water partition coefficient (Wildman–Crippen LogP) is -0.0733. The molecule has 1 aromatic rings. The van der Waals surface area contributed by atoms with E-state index in [0.717, 1.165) is 12.1 Å². The molecular formula is C6H7NO5S. The van der Waals surface area contributed by atoms with Crippen molar-refractivity contribution in [3.8, 4) is 11.5 Å². The van der Waals surface area contributed by atoms with Crippen molar-refractivity contribution in [3.05, 3.63) is 12.1 Å². The Morgan fingerprint density at radius 1 is 1.15 bits per heavy atom. The fourth-order valence-electron chi connectivity index (χ4n) is 0.849. The van der Waals surface area contributed by atoms with Gasteiger partial charge in [0.1, 0.15) is 11.5 Å². The lowest BCUT2D eigenvalue weighted by atomic mass is 10.3. The van der Waals surface area contributed by atoms with Gasteiger partial charge in [0.15, 0.2) is 4.90 Å². The highest BCUT2D eigenvalue weighted by Crippen LogP contribution is 2.34. The minimum atomic E-state index is -4.62. The van der Waals surface area contributed by atoms with Crippen molar-refractivity contribution in [3.63, 3.8) is 0 Å². The van der Waals surface area contributed by atoms with Crippen molar-refractivity contribution in [2.24, 2.45) is 0 Å². The molecule has 0 radical (unpaired) electrons. The zero-order chi connectivity index (χ0) is 10.2. The largest absolute Gasteiger partial charge is 0.506 e. The topological polar surface area (TPSA) is 121 Å². The van der Waals surface area contributed by atoms with Crippen LogP contribution in [-0.2, 0) is 10.1 Å². The number of nitrogens with two attached hydrogens (primary N) is 1. The summed E-state index contributed by atoms with van der Waals surface area (Å²) >= 11 is 0. The minimum Gasteiger partial charge on any atom is -0.506 e. The Balaban J connectivity index is 3.62. The second-order valence-electron chi connectivity index (χ2n) is 2.32. The number of anilines is 1. The standard InChI is InChI=1S/C6H7NO5S/c7-5-3(8)1-2-4(9)6(5)13(10,11)12/h1-2,8-9H,7H2,(H,10,11,12). The second kappa shape index (κ2) is 2.79. The molecule has 0 aliphatic carbocycles. The summed E-state index contributed by atoms with van der Waals surface area (Å²) < 4.78 is 29.9. The molecule has 0 bridgehead atoms. The lowest BCUT2D eigenvalue weighted by Gasteiger charge is -2.05. The third-order valence-electron chi connectivity index (χ3n) is 1.41. The van der Waals surface area contributed by atoms with Crippen LogP contribution in [0, 0.1) is 0 Å². The first-order chi connectivity index (χ1) is 5.84. The van der Waals surface area contributed by atoms with E-state index in [9.17, 15) is 8.42 Å². The number of hydrogen-bond donors (Lipinski definition) is 4. The summed E-state index contributed by atoms with van der Waals surface area (Å²) in [6, 6.07) is 1.92. The molecule has 0 heterocycles. The highest BCUT2D eigenvalue weighted by atomic mass is 32.2. The van der Waals surface area contributed by atoms with Crippen molar-refractivity contribution in [2.45, 2.75) is 4.90 Å². The average molecular weight is 205 g/mol. The predicted molar refractivity (Wildman–Crippen MR) is 44.0 cm³/mol. The Kier molecular flexibility index (Phi) is 2.06. The smallest absolute Gasteiger partial charge is 0.300 e. The molecule has 72 valence electrons. The molecule has 13 heavy (non-hydrogen) atoms. The van der Waals surface area contributed by atoms with Crippen LogP contribution in [0.2, 0.25) is 0 Å². The summed E-state index contributed by atoms with van der Waals surface area (Å²) in [5.41, 5.74) is 4.54. The summed E-state index contributed by atoms with van der Waals surface area (Å²) in [6.45, 7) is 0. The summed E-state index contributed by atoms with van der Waals surface area (Å²) in [4.78, 5) is -0.882. The number of phenolic OH excluding ortho intramolecular Hbond substituents is 2. The van der Waals surface area contributed by atoms with Crippen molar-refractivity contribution >= 4 is 15.8 Å². The molecule has 0 aliphatic heterocycles. The van der Waals surface area contributed by atoms with Gasteiger partial charge in [0.25, 0.3) is 10.1 Å². The van der Waals surface area contributed by atoms with Crippen LogP contribution in [0.15, 0.2) is 17.0 Å². The zero-order valence-electron chi connectivity index (χ0n) is 6.30. The third-order valence-corrected chi connectivity index (χ3v) is 2.36. The van der Waals surface area contributed by atoms with Crippen LogP contribution in [-0.4, -0.2) is 23.2 Å². The number of nitrogen functional groups attached to an aromatic ring is 1. The molecule has 0 atom stereocenters. The molecular weight excluding hydrogens is 198 g/mol. The van der Waals surface area contributed by atoms with Gasteiger partial charge in [-0.25, -0.2) is 0 Å². The maximum absolute atomic E-state index is 10.6. The van der Waals surface area contributed by atoms with Gasteiger partial charge in [-0.05, 0) is 12.1 Å². The summed E-state index contributed by atoms with van der Waals surface area (Å²) in [6.07, 6.45) is 0. The van der Waals surface area contributed by atoms with Gasteiger partial charge >= 0.3 is 0 Å². The van der Waals surface area contributed by atoms with Crippen LogP contribution in [0.3, 0.4) is 0 Å². The first-order valence-corrected chi connectivity index (χ1v) is 4.56. The number of benzene rings is 1. The minimum absolute atomic E-state index is 0.523. The number of hydrogen-bond acceptors (Lipinski definition) is 5. The second-order valence-corrected chi connectivity index (χ2v) is 3.68. The fraction of sp³-hybridized carbons (Fsp3) is 0. The van der Waals surface area contributed by atoms with Crippen molar-refractivity contribution in [2.75, 3.05) is 5.73 Å². The molecule has 0 amide bonds. The highest BCUT2D eigenvalue weighted by Gasteiger charge is 2.21. The highest BCUT2D eigenvalue weighted by molar-refractivity contribution is 7.86. The van der Waals surface area contributed by atoms with Crippen LogP contribution < -0.4 is 5.73 Å². The first-order valence-electron chi connectivity index (χ1n) is 3.12. The van der Waals surface area contributed by atoms with Gasteiger partial charge in [-0.1, -0.05) is 0 Å². The van der Waals surface area contributed by atoms with Crippen LogP contribution in [0.1, 0.15) is 0 Å². The summed E-state index contributed by atoms with van der Waals surface area (Å²) in [5, 5.41) is 18.0. The molecule has 0 aromatic heterocycles. The van der Waals surface area contributed by atoms with Gasteiger partial charge in [-0.3, -0.25) is 4.55 Å². The van der Waals surface area contributed by atoms with E-state index in [1.165, 1.54) is 0 Å². The van der Waals surface area contributed by atoms with Crippen molar-refractivity contribution in [1.29, 1.82) is 0 Å². The molecule has 1 rings (SSSR count). The molecule has 5 N–H and O–H groups in total. The summed E-state index contributed by atoms with van der Waals surface area (Å²) in [5.74, 6) is -1.23. The Labute approximate surface area is 74.0 Å². The SMILES string of the molecule is Nc1c(O)ccc(O)c1S(=O)(=O)O. The molecule has 0 spiro atoms. The van der Waals surface area contributed by atoms with E-state index in [-0.39, 0.29) is 0 Å².